The van der Waals surface area contributed by atoms with Gasteiger partial charge in [0.2, 0.25) is 11.8 Å². The van der Waals surface area contributed by atoms with Gasteiger partial charge in [0, 0.05) is 13.8 Å². The molecule has 0 aromatic carbocycles. The third-order valence-corrected chi connectivity index (χ3v) is 6.90. The minimum Gasteiger partial charge on any atom is -0.394 e. The second-order valence-electron chi connectivity index (χ2n) is 9.81. The van der Waals surface area contributed by atoms with Crippen molar-refractivity contribution in [3.63, 3.8) is 0 Å². The number of amides is 2. The number of aliphatic hydroxyl groups excluding tert-OH is 9. The van der Waals surface area contributed by atoms with Gasteiger partial charge in [-0.1, -0.05) is 0 Å². The first-order valence-electron chi connectivity index (χ1n) is 12.6. The molecule has 3 rings (SSSR count). The number of nitrogens with one attached hydrogen (secondary N) is 2. The molecule has 0 aromatic heterocycles. The van der Waals surface area contributed by atoms with Crippen molar-refractivity contribution in [3.05, 3.63) is 0 Å². The second-order valence-corrected chi connectivity index (χ2v) is 9.81. The Morgan fingerprint density at radius 1 is 0.600 bits per heavy atom. The van der Waals surface area contributed by atoms with Gasteiger partial charge in [0.05, 0.1) is 19.8 Å². The number of rotatable bonds is 9. The van der Waals surface area contributed by atoms with Gasteiger partial charge in [0.1, 0.15) is 73.1 Å². The number of aliphatic hydroxyl groups is 9. The van der Waals surface area contributed by atoms with E-state index in [1.165, 1.54) is 0 Å². The summed E-state index contributed by atoms with van der Waals surface area (Å²) in [4.78, 5) is 23.3. The maximum Gasteiger partial charge on any atom is 0.217 e. The number of hydrogen-bond donors (Lipinski definition) is 11. The summed E-state index contributed by atoms with van der Waals surface area (Å²) in [5.41, 5.74) is 0. The summed E-state index contributed by atoms with van der Waals surface area (Å²) in [6.07, 6.45) is -21.4. The van der Waals surface area contributed by atoms with E-state index >= 15 is 0 Å². The van der Waals surface area contributed by atoms with Crippen LogP contribution in [-0.4, -0.2) is 170 Å². The molecule has 0 spiro atoms. The highest BCUT2D eigenvalue weighted by molar-refractivity contribution is 5.73. The van der Waals surface area contributed by atoms with E-state index < -0.39 is 124 Å². The molecule has 0 bridgehead atoms. The Balaban J connectivity index is 1.85. The van der Waals surface area contributed by atoms with E-state index in [0.29, 0.717) is 0 Å². The molecule has 0 aromatic rings. The molecule has 232 valence electrons. The highest BCUT2D eigenvalue weighted by atomic mass is 16.7. The Hall–Kier alpha value is -1.62. The van der Waals surface area contributed by atoms with Crippen LogP contribution < -0.4 is 10.6 Å². The smallest absolute Gasteiger partial charge is 0.217 e. The molecular formula is C22H38N2O16. The molecule has 40 heavy (non-hydrogen) atoms. The normalized spacial score (nSPS) is 46.0. The van der Waals surface area contributed by atoms with Crippen LogP contribution in [0.5, 0.6) is 0 Å². The van der Waals surface area contributed by atoms with Crippen molar-refractivity contribution in [2.24, 2.45) is 0 Å². The fraction of sp³-hybridized carbons (Fsp3) is 0.909. The molecule has 0 saturated carbocycles. The van der Waals surface area contributed by atoms with E-state index in [4.69, 9.17) is 23.7 Å². The summed E-state index contributed by atoms with van der Waals surface area (Å²) in [5, 5.41) is 97.2. The van der Waals surface area contributed by atoms with Gasteiger partial charge in [-0.2, -0.15) is 0 Å². The first-order chi connectivity index (χ1) is 18.8. The summed E-state index contributed by atoms with van der Waals surface area (Å²) in [6, 6.07) is -2.84. The molecule has 15 atom stereocenters. The Labute approximate surface area is 228 Å². The van der Waals surface area contributed by atoms with Gasteiger partial charge in [-0.3, -0.25) is 9.59 Å². The van der Waals surface area contributed by atoms with Crippen LogP contribution in [0.4, 0.5) is 0 Å². The standard InChI is InChI=1S/C22H38N2O16/c1-6(28)23-11-16(33)18(10(5-27)36-20(11)35)39-22-17(34)19(14(31)9(4-26)38-22)40-21-12(24-7(2)29)15(32)13(30)8(3-25)37-21/h8-22,25-27,30-35H,3-5H2,1-2H3,(H,23,28)(H,24,29). The molecule has 0 radical (unpaired) electrons. The average Bonchev–Trinajstić information content (AvgIpc) is 2.90. The van der Waals surface area contributed by atoms with Crippen LogP contribution in [0.15, 0.2) is 0 Å². The summed E-state index contributed by atoms with van der Waals surface area (Å²) >= 11 is 0. The lowest BCUT2D eigenvalue weighted by Gasteiger charge is -2.48. The van der Waals surface area contributed by atoms with E-state index in [1.54, 1.807) is 0 Å². The summed E-state index contributed by atoms with van der Waals surface area (Å²) in [6.45, 7) is -0.140. The average molecular weight is 587 g/mol. The zero-order valence-electron chi connectivity index (χ0n) is 21.7. The van der Waals surface area contributed by atoms with E-state index in [-0.39, 0.29) is 0 Å². The summed E-state index contributed by atoms with van der Waals surface area (Å²) in [7, 11) is 0. The van der Waals surface area contributed by atoms with Crippen LogP contribution >= 0.6 is 0 Å². The minimum absolute atomic E-state index is 0.631. The SMILES string of the molecule is CC(=O)NC1C(O)OC(CO)C(OC2OC(CO)C(O)C(OC3OC(CO)C(O)C(O)C3NC(C)=O)C2O)C1O. The number of hydrogen-bond acceptors (Lipinski definition) is 16. The fourth-order valence-corrected chi connectivity index (χ4v) is 4.86. The van der Waals surface area contributed by atoms with Crippen LogP contribution in [0.3, 0.4) is 0 Å². The van der Waals surface area contributed by atoms with Gasteiger partial charge >= 0.3 is 0 Å². The molecule has 18 heteroatoms. The van der Waals surface area contributed by atoms with Gasteiger partial charge in [0.25, 0.3) is 0 Å². The monoisotopic (exact) mass is 586 g/mol. The topological polar surface area (TPSA) is 286 Å². The molecule has 3 aliphatic rings. The molecule has 3 saturated heterocycles. The van der Waals surface area contributed by atoms with Gasteiger partial charge < -0.3 is 80.3 Å². The Morgan fingerprint density at radius 2 is 1.10 bits per heavy atom. The molecule has 2 amide bonds. The van der Waals surface area contributed by atoms with E-state index in [2.05, 4.69) is 10.6 Å². The molecular weight excluding hydrogens is 548 g/mol. The van der Waals surface area contributed by atoms with E-state index in [0.717, 1.165) is 13.8 Å². The highest BCUT2D eigenvalue weighted by Gasteiger charge is 2.54. The van der Waals surface area contributed by atoms with Crippen molar-refractivity contribution in [3.8, 4) is 0 Å². The zero-order chi connectivity index (χ0) is 29.9. The maximum absolute atomic E-state index is 11.7. The van der Waals surface area contributed by atoms with Crippen LogP contribution in [0, 0.1) is 0 Å². The van der Waals surface area contributed by atoms with Crippen molar-refractivity contribution < 1.29 is 79.2 Å². The summed E-state index contributed by atoms with van der Waals surface area (Å²) in [5.74, 6) is -1.29. The first-order valence-corrected chi connectivity index (χ1v) is 12.6. The zero-order valence-corrected chi connectivity index (χ0v) is 21.7. The molecule has 3 aliphatic heterocycles. The van der Waals surface area contributed by atoms with Crippen molar-refractivity contribution in [2.45, 2.75) is 106 Å². The second kappa shape index (κ2) is 14.0. The Kier molecular flexibility index (Phi) is 11.5. The van der Waals surface area contributed by atoms with Gasteiger partial charge in [-0.25, -0.2) is 0 Å². The van der Waals surface area contributed by atoms with Crippen molar-refractivity contribution in [1.82, 2.24) is 10.6 Å². The number of carbonyl (C=O) groups is 2. The van der Waals surface area contributed by atoms with E-state index in [9.17, 15) is 55.5 Å². The van der Waals surface area contributed by atoms with Crippen LogP contribution in [-0.2, 0) is 33.3 Å². The lowest BCUT2D eigenvalue weighted by molar-refractivity contribution is -0.367. The molecule has 18 nitrogen and oxygen atoms in total. The Bertz CT molecular complexity index is 854. The lowest BCUT2D eigenvalue weighted by atomic mass is 9.94. The predicted molar refractivity (Wildman–Crippen MR) is 124 cm³/mol. The molecule has 15 unspecified atom stereocenters. The third-order valence-electron chi connectivity index (χ3n) is 6.90. The quantitative estimate of drug-likeness (QED) is 0.120. The van der Waals surface area contributed by atoms with Crippen LogP contribution in [0.2, 0.25) is 0 Å². The summed E-state index contributed by atoms with van der Waals surface area (Å²) < 4.78 is 27.5. The lowest BCUT2D eigenvalue weighted by Crippen LogP contribution is -2.69. The van der Waals surface area contributed by atoms with Gasteiger partial charge in [-0.05, 0) is 0 Å². The molecule has 3 fully saturated rings. The fourth-order valence-electron chi connectivity index (χ4n) is 4.86. The largest absolute Gasteiger partial charge is 0.394 e. The van der Waals surface area contributed by atoms with E-state index in [1.807, 2.05) is 0 Å². The third kappa shape index (κ3) is 7.05. The van der Waals surface area contributed by atoms with Crippen molar-refractivity contribution >= 4 is 11.8 Å². The molecule has 3 heterocycles. The maximum atomic E-state index is 11.7. The number of ether oxygens (including phenoxy) is 5. The first kappa shape index (κ1) is 32.9. The van der Waals surface area contributed by atoms with Crippen LogP contribution in [0.25, 0.3) is 0 Å². The van der Waals surface area contributed by atoms with Crippen molar-refractivity contribution in [2.75, 3.05) is 19.8 Å². The predicted octanol–water partition coefficient (Wildman–Crippen LogP) is -7.29. The highest BCUT2D eigenvalue weighted by Crippen LogP contribution is 2.32. The van der Waals surface area contributed by atoms with Crippen molar-refractivity contribution in [1.29, 1.82) is 0 Å². The minimum atomic E-state index is -1.92. The van der Waals surface area contributed by atoms with Gasteiger partial charge in [-0.15, -0.1) is 0 Å². The van der Waals surface area contributed by atoms with Crippen LogP contribution in [0.1, 0.15) is 13.8 Å². The number of carbonyl (C=O) groups excluding carboxylic acids is 2. The van der Waals surface area contributed by atoms with Gasteiger partial charge in [0.15, 0.2) is 18.9 Å². The Morgan fingerprint density at radius 3 is 1.65 bits per heavy atom. The molecule has 11 N–H and O–H groups in total. The molecule has 0 aliphatic carbocycles.